The van der Waals surface area contributed by atoms with Crippen molar-refractivity contribution in [1.82, 2.24) is 10.2 Å². The van der Waals surface area contributed by atoms with Gasteiger partial charge in [-0.2, -0.15) is 0 Å². The van der Waals surface area contributed by atoms with Crippen molar-refractivity contribution in [3.63, 3.8) is 0 Å². The highest BCUT2D eigenvalue weighted by molar-refractivity contribution is 7.91. The molecule has 0 bridgehead atoms. The van der Waals surface area contributed by atoms with Crippen molar-refractivity contribution in [2.75, 3.05) is 44.9 Å². The molecule has 2 amide bonds. The molecule has 2 aromatic rings. The zero-order valence-electron chi connectivity index (χ0n) is 21.8. The number of nitrogens with zero attached hydrogens (tertiary/aromatic N) is 1. The van der Waals surface area contributed by atoms with E-state index < -0.39 is 39.3 Å². The first kappa shape index (κ1) is 28.0. The van der Waals surface area contributed by atoms with Crippen LogP contribution < -0.4 is 10.1 Å². The van der Waals surface area contributed by atoms with E-state index in [4.69, 9.17) is 9.47 Å². The number of amides is 2. The van der Waals surface area contributed by atoms with E-state index in [1.54, 1.807) is 7.11 Å². The van der Waals surface area contributed by atoms with Crippen LogP contribution in [0.15, 0.2) is 48.5 Å². The first-order valence-corrected chi connectivity index (χ1v) is 14.7. The summed E-state index contributed by atoms with van der Waals surface area (Å²) in [6.07, 6.45) is 2.20. The van der Waals surface area contributed by atoms with Gasteiger partial charge in [0, 0.05) is 18.7 Å². The lowest BCUT2D eigenvalue weighted by Gasteiger charge is -2.30. The van der Waals surface area contributed by atoms with Gasteiger partial charge < -0.3 is 19.7 Å². The lowest BCUT2D eigenvalue weighted by Crippen LogP contribution is -2.54. The number of carbonyl (C=O) groups excluding carboxylic acids is 2. The van der Waals surface area contributed by atoms with E-state index in [-0.39, 0.29) is 16.7 Å². The zero-order valence-corrected chi connectivity index (χ0v) is 22.6. The van der Waals surface area contributed by atoms with Crippen molar-refractivity contribution in [3.8, 4) is 5.75 Å². The van der Waals surface area contributed by atoms with Crippen LogP contribution in [0.25, 0.3) is 0 Å². The topological polar surface area (TPSA) is 102 Å². The van der Waals surface area contributed by atoms with Crippen molar-refractivity contribution in [2.45, 2.75) is 38.1 Å². The molecule has 10 heteroatoms. The van der Waals surface area contributed by atoms with Gasteiger partial charge in [0.2, 0.25) is 5.91 Å². The summed E-state index contributed by atoms with van der Waals surface area (Å²) in [6, 6.07) is 11.6. The maximum absolute atomic E-state index is 13.3. The van der Waals surface area contributed by atoms with Crippen LogP contribution in [-0.2, 0) is 19.4 Å². The number of nitrogens with one attached hydrogen (secondary N) is 1. The molecule has 1 N–H and O–H groups in total. The molecular weight excluding hydrogens is 511 g/mol. The Morgan fingerprint density at radius 3 is 2.42 bits per heavy atom. The van der Waals surface area contributed by atoms with Crippen molar-refractivity contribution in [2.24, 2.45) is 5.41 Å². The van der Waals surface area contributed by atoms with Crippen molar-refractivity contribution in [3.05, 3.63) is 65.5 Å². The van der Waals surface area contributed by atoms with Crippen molar-refractivity contribution < 1.29 is 31.9 Å². The van der Waals surface area contributed by atoms with Gasteiger partial charge in [0.1, 0.15) is 17.6 Å². The molecule has 1 unspecified atom stereocenters. The SMILES string of the molecule is COc1ccc([C@@H]2CC2(C)CCCS(=O)(=O)C[C@H](NC(=O)c2ccc(F)cc2)C(=O)N2CCOCC2)cc1. The van der Waals surface area contributed by atoms with Crippen LogP contribution >= 0.6 is 0 Å². The number of ether oxygens (including phenoxy) is 2. The molecule has 0 aromatic heterocycles. The molecule has 3 atom stereocenters. The molecule has 1 saturated carbocycles. The molecule has 8 nitrogen and oxygen atoms in total. The lowest BCUT2D eigenvalue weighted by molar-refractivity contribution is -0.136. The molecule has 1 saturated heterocycles. The second-order valence-corrected chi connectivity index (χ2v) is 12.6. The Labute approximate surface area is 223 Å². The third-order valence-corrected chi connectivity index (χ3v) is 9.28. The number of hydrogen-bond acceptors (Lipinski definition) is 6. The Kier molecular flexibility index (Phi) is 8.72. The van der Waals surface area contributed by atoms with Gasteiger partial charge in [-0.1, -0.05) is 19.1 Å². The fourth-order valence-electron chi connectivity index (χ4n) is 5.09. The number of morpholine rings is 1. The van der Waals surface area contributed by atoms with E-state index in [1.165, 1.54) is 22.6 Å². The Balaban J connectivity index is 1.37. The Morgan fingerprint density at radius 2 is 1.79 bits per heavy atom. The van der Waals surface area contributed by atoms with Gasteiger partial charge in [-0.15, -0.1) is 0 Å². The van der Waals surface area contributed by atoms with E-state index in [0.29, 0.717) is 38.6 Å². The molecule has 38 heavy (non-hydrogen) atoms. The van der Waals surface area contributed by atoms with Crippen LogP contribution in [0.2, 0.25) is 0 Å². The predicted octanol–water partition coefficient (Wildman–Crippen LogP) is 3.18. The summed E-state index contributed by atoms with van der Waals surface area (Å²) in [5.41, 5.74) is 1.40. The normalized spacial score (nSPS) is 22.0. The van der Waals surface area contributed by atoms with E-state index >= 15 is 0 Å². The lowest BCUT2D eigenvalue weighted by atomic mass is 9.96. The second-order valence-electron chi connectivity index (χ2n) is 10.4. The minimum Gasteiger partial charge on any atom is -0.497 e. The average Bonchev–Trinajstić information content (AvgIpc) is 3.59. The molecule has 1 aliphatic carbocycles. The van der Waals surface area contributed by atoms with E-state index in [2.05, 4.69) is 24.4 Å². The molecule has 2 aromatic carbocycles. The molecule has 0 radical (unpaired) electrons. The number of hydrogen-bond donors (Lipinski definition) is 1. The summed E-state index contributed by atoms with van der Waals surface area (Å²) in [5.74, 6) is -0.965. The fourth-order valence-corrected chi connectivity index (χ4v) is 6.58. The Hall–Kier alpha value is -2.98. The number of benzene rings is 2. The van der Waals surface area contributed by atoms with Crippen LogP contribution in [0.5, 0.6) is 5.75 Å². The zero-order chi connectivity index (χ0) is 27.3. The van der Waals surface area contributed by atoms with Gasteiger partial charge in [-0.25, -0.2) is 12.8 Å². The highest BCUT2D eigenvalue weighted by Crippen LogP contribution is 2.61. The predicted molar refractivity (Wildman–Crippen MR) is 141 cm³/mol. The number of rotatable bonds is 11. The molecule has 2 fully saturated rings. The molecule has 0 spiro atoms. The summed E-state index contributed by atoms with van der Waals surface area (Å²) in [7, 11) is -2.03. The summed E-state index contributed by atoms with van der Waals surface area (Å²) in [6.45, 7) is 3.53. The van der Waals surface area contributed by atoms with Gasteiger partial charge in [0.05, 0.1) is 31.8 Å². The summed E-state index contributed by atoms with van der Waals surface area (Å²) < 4.78 is 50.0. The molecule has 206 valence electrons. The van der Waals surface area contributed by atoms with E-state index in [9.17, 15) is 22.4 Å². The number of carbonyl (C=O) groups is 2. The van der Waals surface area contributed by atoms with Crippen LogP contribution in [0.3, 0.4) is 0 Å². The van der Waals surface area contributed by atoms with Crippen molar-refractivity contribution in [1.29, 1.82) is 0 Å². The highest BCUT2D eigenvalue weighted by Gasteiger charge is 2.50. The number of sulfone groups is 1. The van der Waals surface area contributed by atoms with Gasteiger partial charge in [-0.3, -0.25) is 9.59 Å². The van der Waals surface area contributed by atoms with Crippen LogP contribution in [0.4, 0.5) is 4.39 Å². The van der Waals surface area contributed by atoms with Gasteiger partial charge in [0.15, 0.2) is 9.84 Å². The van der Waals surface area contributed by atoms with Crippen molar-refractivity contribution >= 4 is 21.7 Å². The molecule has 1 aliphatic heterocycles. The summed E-state index contributed by atoms with van der Waals surface area (Å²) in [4.78, 5) is 27.5. The quantitative estimate of drug-likeness (QED) is 0.465. The Bertz CT molecular complexity index is 1230. The van der Waals surface area contributed by atoms with Gasteiger partial charge in [0.25, 0.3) is 5.91 Å². The highest BCUT2D eigenvalue weighted by atomic mass is 32.2. The van der Waals surface area contributed by atoms with Crippen LogP contribution in [0.1, 0.15) is 48.0 Å². The van der Waals surface area contributed by atoms with Crippen LogP contribution in [0, 0.1) is 11.2 Å². The molecule has 4 rings (SSSR count). The average molecular weight is 547 g/mol. The minimum absolute atomic E-state index is 0.0317. The maximum atomic E-state index is 13.3. The fraction of sp³-hybridized carbons (Fsp3) is 0.500. The third kappa shape index (κ3) is 7.11. The monoisotopic (exact) mass is 546 g/mol. The molecule has 2 aliphatic rings. The number of halogens is 1. The first-order valence-electron chi connectivity index (χ1n) is 12.9. The number of methoxy groups -OCH3 is 1. The largest absolute Gasteiger partial charge is 0.497 e. The minimum atomic E-state index is -3.65. The Morgan fingerprint density at radius 1 is 1.13 bits per heavy atom. The van der Waals surface area contributed by atoms with E-state index in [0.717, 1.165) is 30.7 Å². The third-order valence-electron chi connectivity index (χ3n) is 7.53. The molecule has 1 heterocycles. The van der Waals surface area contributed by atoms with Gasteiger partial charge >= 0.3 is 0 Å². The second kappa shape index (κ2) is 11.8. The standard InChI is InChI=1S/C28H35FN2O6S/c1-28(18-24(28)20-6-10-23(36-2)11-7-20)12-3-17-38(34,35)19-25(27(33)31-13-15-37-16-14-31)30-26(32)21-4-8-22(29)9-5-21/h4-11,24-25H,3,12-19H2,1-2H3,(H,30,32)/t24-,25-,28?/m0/s1. The summed E-state index contributed by atoms with van der Waals surface area (Å²) >= 11 is 0. The summed E-state index contributed by atoms with van der Waals surface area (Å²) in [5, 5.41) is 2.58. The smallest absolute Gasteiger partial charge is 0.251 e. The first-order chi connectivity index (χ1) is 18.1. The van der Waals surface area contributed by atoms with Crippen LogP contribution in [-0.4, -0.2) is 76.1 Å². The molecular formula is C28H35FN2O6S. The van der Waals surface area contributed by atoms with E-state index in [1.807, 2.05) is 12.1 Å². The van der Waals surface area contributed by atoms with Gasteiger partial charge in [-0.05, 0) is 72.6 Å². The maximum Gasteiger partial charge on any atom is 0.251 e.